The first kappa shape index (κ1) is 21.4. The second-order valence-corrected chi connectivity index (χ2v) is 9.69. The molecule has 0 fully saturated rings. The monoisotopic (exact) mass is 485 g/mol. The predicted octanol–water partition coefficient (Wildman–Crippen LogP) is 1.95. The Balaban J connectivity index is 2.96. The van der Waals surface area contributed by atoms with Gasteiger partial charge in [0.2, 0.25) is 10.0 Å². The van der Waals surface area contributed by atoms with Gasteiger partial charge in [-0.2, -0.15) is 4.72 Å². The number of ether oxygens (including phenoxy) is 1. The van der Waals surface area contributed by atoms with Crippen molar-refractivity contribution in [1.82, 2.24) is 10.0 Å². The van der Waals surface area contributed by atoms with Crippen LogP contribution >= 0.6 is 31.9 Å². The highest BCUT2D eigenvalue weighted by molar-refractivity contribution is 9.11. The lowest BCUT2D eigenvalue weighted by Crippen LogP contribution is -2.53. The van der Waals surface area contributed by atoms with Crippen molar-refractivity contribution in [3.63, 3.8) is 0 Å². The van der Waals surface area contributed by atoms with E-state index < -0.39 is 22.1 Å². The Labute approximate surface area is 159 Å². The molecule has 0 heterocycles. The van der Waals surface area contributed by atoms with Gasteiger partial charge in [0, 0.05) is 17.1 Å². The van der Waals surface area contributed by atoms with Crippen LogP contribution in [0.25, 0.3) is 0 Å². The quantitative estimate of drug-likeness (QED) is 0.532. The molecule has 0 aliphatic rings. The van der Waals surface area contributed by atoms with Gasteiger partial charge in [-0.1, -0.05) is 20.8 Å². The van der Waals surface area contributed by atoms with Crippen LogP contribution in [0.15, 0.2) is 26.0 Å². The molecule has 4 N–H and O–H groups in total. The number of carbonyl (C=O) groups excluding carboxylic acids is 1. The third kappa shape index (κ3) is 5.99. The highest BCUT2D eigenvalue weighted by Crippen LogP contribution is 2.33. The lowest BCUT2D eigenvalue weighted by atomic mass is 9.97. The summed E-state index contributed by atoms with van der Waals surface area (Å²) in [5.74, 6) is -0.266. The molecule has 0 saturated heterocycles. The molecule has 0 spiro atoms. The Morgan fingerprint density at radius 2 is 1.88 bits per heavy atom. The number of hydrogen-bond acceptors (Lipinski definition) is 5. The Morgan fingerprint density at radius 3 is 2.38 bits per heavy atom. The molecule has 1 aromatic rings. The number of nitrogens with one attached hydrogen (secondary N) is 2. The molecular formula is C14H21Br2N3O4S. The molecule has 0 saturated carbocycles. The van der Waals surface area contributed by atoms with E-state index in [4.69, 9.17) is 10.5 Å². The molecule has 24 heavy (non-hydrogen) atoms. The highest BCUT2D eigenvalue weighted by Gasteiger charge is 2.26. The van der Waals surface area contributed by atoms with Crippen molar-refractivity contribution < 1.29 is 17.9 Å². The summed E-state index contributed by atoms with van der Waals surface area (Å²) < 4.78 is 33.1. The molecule has 0 radical (unpaired) electrons. The molecule has 0 aromatic heterocycles. The summed E-state index contributed by atoms with van der Waals surface area (Å²) in [5.41, 5.74) is 5.52. The second kappa shape index (κ2) is 8.13. The molecule has 136 valence electrons. The molecule has 0 aliphatic heterocycles. The number of benzene rings is 1. The minimum atomic E-state index is -4.02. The van der Waals surface area contributed by atoms with Crippen LogP contribution in [0.5, 0.6) is 5.75 Å². The average molecular weight is 487 g/mol. The maximum Gasteiger partial charge on any atom is 0.252 e. The molecule has 0 aliphatic carbocycles. The first-order valence-corrected chi connectivity index (χ1v) is 10.0. The molecule has 1 rings (SSSR count). The number of halogens is 2. The number of carbonyl (C=O) groups is 1. The Hall–Kier alpha value is -0.680. The van der Waals surface area contributed by atoms with Crippen LogP contribution in [0.4, 0.5) is 0 Å². The number of amides is 1. The van der Waals surface area contributed by atoms with Gasteiger partial charge in [-0.25, -0.2) is 8.42 Å². The molecule has 1 amide bonds. The first-order valence-electron chi connectivity index (χ1n) is 6.96. The molecule has 10 heteroatoms. The van der Waals surface area contributed by atoms with Crippen LogP contribution in [-0.4, -0.2) is 34.1 Å². The molecule has 1 aromatic carbocycles. The summed E-state index contributed by atoms with van der Waals surface area (Å²) in [6.07, 6.45) is -1.40. The number of hydrogen-bond donors (Lipinski definition) is 3. The third-order valence-electron chi connectivity index (χ3n) is 2.85. The normalized spacial score (nSPS) is 13.5. The second-order valence-electron chi connectivity index (χ2n) is 6.29. The Morgan fingerprint density at radius 1 is 1.29 bits per heavy atom. The zero-order valence-electron chi connectivity index (χ0n) is 13.8. The summed E-state index contributed by atoms with van der Waals surface area (Å²) in [6, 6.07) is 2.87. The van der Waals surface area contributed by atoms with Crippen molar-refractivity contribution in [1.29, 1.82) is 0 Å². The minimum absolute atomic E-state index is 0.0818. The topological polar surface area (TPSA) is 111 Å². The van der Waals surface area contributed by atoms with Crippen LogP contribution < -0.4 is 20.5 Å². The SMILES string of the molecule is COc1cc(S(=O)(=O)N[C@H](N)C(=O)NCC(C)(C)C)c(Br)cc1Br. The number of nitrogens with two attached hydrogens (primary N) is 1. The summed E-state index contributed by atoms with van der Waals surface area (Å²) >= 11 is 6.45. The standard InChI is InChI=1S/C14H21Br2N3O4S/c1-14(2,3)7-18-13(20)12(17)19-24(21,22)11-6-10(23-4)8(15)5-9(11)16/h5-6,12,19H,7,17H2,1-4H3,(H,18,20)/t12-/m0/s1. The maximum atomic E-state index is 12.5. The van der Waals surface area contributed by atoms with Crippen molar-refractivity contribution in [2.75, 3.05) is 13.7 Å². The zero-order valence-corrected chi connectivity index (χ0v) is 17.8. The third-order valence-corrected chi connectivity index (χ3v) is 5.87. The van der Waals surface area contributed by atoms with Gasteiger partial charge in [-0.05, 0) is 43.3 Å². The van der Waals surface area contributed by atoms with Gasteiger partial charge in [-0.15, -0.1) is 0 Å². The largest absolute Gasteiger partial charge is 0.496 e. The highest BCUT2D eigenvalue weighted by atomic mass is 79.9. The Bertz CT molecular complexity index is 717. The van der Waals surface area contributed by atoms with E-state index in [-0.39, 0.29) is 10.3 Å². The van der Waals surface area contributed by atoms with E-state index in [0.717, 1.165) is 0 Å². The summed E-state index contributed by atoms with van der Waals surface area (Å²) in [6.45, 7) is 6.19. The van der Waals surface area contributed by atoms with E-state index in [1.54, 1.807) is 6.07 Å². The number of rotatable bonds is 6. The van der Waals surface area contributed by atoms with Gasteiger partial charge in [-0.3, -0.25) is 4.79 Å². The lowest BCUT2D eigenvalue weighted by molar-refractivity contribution is -0.123. The van der Waals surface area contributed by atoms with Crippen molar-refractivity contribution in [2.45, 2.75) is 31.8 Å². The van der Waals surface area contributed by atoms with Gasteiger partial charge in [0.15, 0.2) is 0 Å². The van der Waals surface area contributed by atoms with Crippen LogP contribution in [0.1, 0.15) is 20.8 Å². The first-order chi connectivity index (χ1) is 10.9. The fourth-order valence-corrected chi connectivity index (χ4v) is 4.56. The number of sulfonamides is 1. The van der Waals surface area contributed by atoms with E-state index >= 15 is 0 Å². The molecule has 7 nitrogen and oxygen atoms in total. The van der Waals surface area contributed by atoms with Crippen LogP contribution in [0, 0.1) is 5.41 Å². The smallest absolute Gasteiger partial charge is 0.252 e. The zero-order chi connectivity index (χ0) is 18.7. The Kier molecular flexibility index (Phi) is 7.24. The van der Waals surface area contributed by atoms with Crippen LogP contribution in [0.2, 0.25) is 0 Å². The summed E-state index contributed by atoms with van der Waals surface area (Å²) in [7, 11) is -2.60. The molecule has 1 atom stereocenters. The van der Waals surface area contributed by atoms with Gasteiger partial charge in [0.05, 0.1) is 16.5 Å². The van der Waals surface area contributed by atoms with Crippen LogP contribution in [-0.2, 0) is 14.8 Å². The van der Waals surface area contributed by atoms with E-state index in [2.05, 4.69) is 41.9 Å². The fourth-order valence-electron chi connectivity index (χ4n) is 1.62. The van der Waals surface area contributed by atoms with Gasteiger partial charge < -0.3 is 15.8 Å². The van der Waals surface area contributed by atoms with Crippen molar-refractivity contribution >= 4 is 47.8 Å². The van der Waals surface area contributed by atoms with E-state index in [1.807, 2.05) is 20.8 Å². The molecule has 0 bridgehead atoms. The molecule has 0 unspecified atom stereocenters. The predicted molar refractivity (Wildman–Crippen MR) is 99.2 cm³/mol. The number of methoxy groups -OCH3 is 1. The van der Waals surface area contributed by atoms with Crippen LogP contribution in [0.3, 0.4) is 0 Å². The van der Waals surface area contributed by atoms with Gasteiger partial charge >= 0.3 is 0 Å². The van der Waals surface area contributed by atoms with E-state index in [0.29, 0.717) is 21.2 Å². The van der Waals surface area contributed by atoms with Gasteiger partial charge in [0.1, 0.15) is 11.9 Å². The van der Waals surface area contributed by atoms with Crippen molar-refractivity contribution in [2.24, 2.45) is 11.1 Å². The minimum Gasteiger partial charge on any atom is -0.496 e. The van der Waals surface area contributed by atoms with E-state index in [9.17, 15) is 13.2 Å². The maximum absolute atomic E-state index is 12.5. The lowest BCUT2D eigenvalue weighted by Gasteiger charge is -2.21. The summed E-state index contributed by atoms with van der Waals surface area (Å²) in [5, 5.41) is 2.61. The fraction of sp³-hybridized carbons (Fsp3) is 0.500. The summed E-state index contributed by atoms with van der Waals surface area (Å²) in [4.78, 5) is 11.9. The average Bonchev–Trinajstić information content (AvgIpc) is 2.43. The van der Waals surface area contributed by atoms with Crippen molar-refractivity contribution in [3.8, 4) is 5.75 Å². The van der Waals surface area contributed by atoms with Gasteiger partial charge in [0.25, 0.3) is 5.91 Å². The molecular weight excluding hydrogens is 466 g/mol. The van der Waals surface area contributed by atoms with Crippen molar-refractivity contribution in [3.05, 3.63) is 21.1 Å². The van der Waals surface area contributed by atoms with E-state index in [1.165, 1.54) is 13.2 Å².